The molecule has 44 heavy (non-hydrogen) atoms. The van der Waals surface area contributed by atoms with Crippen molar-refractivity contribution in [2.75, 3.05) is 23.8 Å². The first-order valence-corrected chi connectivity index (χ1v) is 14.1. The summed E-state index contributed by atoms with van der Waals surface area (Å²) >= 11 is 0. The van der Waals surface area contributed by atoms with E-state index in [1.54, 1.807) is 20.8 Å². The minimum atomic E-state index is -4.66. The number of Topliss-reactive ketones (excluding diaryl/α,β-unsaturated/α-hetero) is 1. The molecule has 12 heteroatoms. The van der Waals surface area contributed by atoms with E-state index < -0.39 is 34.7 Å². The number of anilines is 2. The largest absolute Gasteiger partial charge is 0.466 e. The van der Waals surface area contributed by atoms with Crippen LogP contribution in [0.2, 0.25) is 0 Å². The quantitative estimate of drug-likeness (QED) is 0.162. The second-order valence-corrected chi connectivity index (χ2v) is 11.3. The molecular weight excluding hydrogens is 582 g/mol. The highest BCUT2D eigenvalue weighted by Crippen LogP contribution is 2.33. The first-order valence-electron chi connectivity index (χ1n) is 14.1. The van der Waals surface area contributed by atoms with Gasteiger partial charge in [0.1, 0.15) is 17.4 Å². The Kier molecular flexibility index (Phi) is 9.91. The van der Waals surface area contributed by atoms with Gasteiger partial charge in [0.2, 0.25) is 5.91 Å². The fourth-order valence-electron chi connectivity index (χ4n) is 4.28. The minimum absolute atomic E-state index is 0.00410. The van der Waals surface area contributed by atoms with Crippen molar-refractivity contribution in [3.05, 3.63) is 77.2 Å². The van der Waals surface area contributed by atoms with Gasteiger partial charge in [-0.2, -0.15) is 13.2 Å². The molecule has 1 fully saturated rings. The van der Waals surface area contributed by atoms with Crippen LogP contribution < -0.4 is 15.4 Å². The van der Waals surface area contributed by atoms with Crippen molar-refractivity contribution in [3.8, 4) is 11.5 Å². The topological polar surface area (TPSA) is 107 Å². The van der Waals surface area contributed by atoms with Gasteiger partial charge in [-0.25, -0.2) is 9.37 Å². The number of amides is 1. The maximum atomic E-state index is 14.9. The molecule has 1 heterocycles. The van der Waals surface area contributed by atoms with Gasteiger partial charge in [-0.05, 0) is 81.1 Å². The molecule has 1 aromatic heterocycles. The molecular formula is C32H33F4N3O5. The zero-order valence-electron chi connectivity index (χ0n) is 24.5. The Morgan fingerprint density at radius 1 is 0.977 bits per heavy atom. The minimum Gasteiger partial charge on any atom is -0.466 e. The number of carbonyl (C=O) groups excluding carboxylic acids is 3. The summed E-state index contributed by atoms with van der Waals surface area (Å²) < 4.78 is 66.4. The zero-order valence-corrected chi connectivity index (χ0v) is 24.5. The molecule has 1 aliphatic rings. The number of ketones is 1. The highest BCUT2D eigenvalue weighted by Gasteiger charge is 2.33. The molecule has 0 spiro atoms. The first kappa shape index (κ1) is 32.4. The maximum Gasteiger partial charge on any atom is 0.416 e. The van der Waals surface area contributed by atoms with Gasteiger partial charge in [0.05, 0.1) is 17.6 Å². The summed E-state index contributed by atoms with van der Waals surface area (Å²) in [7, 11) is 0. The molecule has 0 radical (unpaired) electrons. The summed E-state index contributed by atoms with van der Waals surface area (Å²) in [6, 6.07) is 10.2. The summed E-state index contributed by atoms with van der Waals surface area (Å²) in [6.07, 6.45) is -2.14. The monoisotopic (exact) mass is 615 g/mol. The summed E-state index contributed by atoms with van der Waals surface area (Å²) in [5.41, 5.74) is -1.43. The Hall–Kier alpha value is -4.48. The third-order valence-electron chi connectivity index (χ3n) is 6.84. The Morgan fingerprint density at radius 3 is 2.36 bits per heavy atom. The van der Waals surface area contributed by atoms with Gasteiger partial charge in [-0.15, -0.1) is 0 Å². The van der Waals surface area contributed by atoms with E-state index in [4.69, 9.17) is 9.47 Å². The van der Waals surface area contributed by atoms with Crippen molar-refractivity contribution < 1.29 is 41.4 Å². The standard InChI is InChI=1S/C32H33F4N3O5/c1-4-43-30(42)31(2,3)18-38-23-12-20(11-22(16-23)32(34,35)36)14-24(40)13-19-5-8-27(26(33)15-19)44-25-9-10-37-28(17-25)39-29(41)21-6-7-21/h5,8-12,15-17,21,38H,4,6-7,13-14,18H2,1-3H3,(H,37,39,41). The molecule has 234 valence electrons. The summed E-state index contributed by atoms with van der Waals surface area (Å²) in [4.78, 5) is 41.0. The second-order valence-electron chi connectivity index (χ2n) is 11.3. The third kappa shape index (κ3) is 9.01. The SMILES string of the molecule is CCOC(=O)C(C)(C)CNc1cc(CC(=O)Cc2ccc(Oc3ccnc(NC(=O)C4CC4)c3)c(F)c2)cc(C(F)(F)F)c1. The van der Waals surface area contributed by atoms with Crippen LogP contribution >= 0.6 is 0 Å². The third-order valence-corrected chi connectivity index (χ3v) is 6.84. The molecule has 0 unspecified atom stereocenters. The van der Waals surface area contributed by atoms with E-state index >= 15 is 0 Å². The van der Waals surface area contributed by atoms with E-state index in [9.17, 15) is 31.9 Å². The van der Waals surface area contributed by atoms with Crippen molar-refractivity contribution in [2.24, 2.45) is 11.3 Å². The Balaban J connectivity index is 1.41. The fourth-order valence-corrected chi connectivity index (χ4v) is 4.28. The number of aromatic nitrogens is 1. The van der Waals surface area contributed by atoms with Gasteiger partial charge < -0.3 is 20.1 Å². The Bertz CT molecular complexity index is 1540. The lowest BCUT2D eigenvalue weighted by Crippen LogP contribution is -2.33. The van der Waals surface area contributed by atoms with Crippen LogP contribution in [0.25, 0.3) is 0 Å². The fraction of sp³-hybridized carbons (Fsp3) is 0.375. The maximum absolute atomic E-state index is 14.9. The molecule has 8 nitrogen and oxygen atoms in total. The van der Waals surface area contributed by atoms with E-state index in [1.165, 1.54) is 36.5 Å². The molecule has 2 aromatic carbocycles. The van der Waals surface area contributed by atoms with E-state index in [2.05, 4.69) is 15.6 Å². The van der Waals surface area contributed by atoms with Crippen molar-refractivity contribution in [1.82, 2.24) is 4.98 Å². The van der Waals surface area contributed by atoms with Crippen molar-refractivity contribution >= 4 is 29.2 Å². The van der Waals surface area contributed by atoms with Gasteiger partial charge in [-0.1, -0.05) is 6.07 Å². The molecule has 0 atom stereocenters. The second kappa shape index (κ2) is 13.4. The highest BCUT2D eigenvalue weighted by molar-refractivity contribution is 5.93. The average molecular weight is 616 g/mol. The van der Waals surface area contributed by atoms with Gasteiger partial charge in [0.15, 0.2) is 11.6 Å². The Morgan fingerprint density at radius 2 is 1.70 bits per heavy atom. The molecule has 1 amide bonds. The number of pyridine rings is 1. The van der Waals surface area contributed by atoms with Crippen LogP contribution in [0.1, 0.15) is 50.3 Å². The Labute approximate surface area is 252 Å². The number of alkyl halides is 3. The van der Waals surface area contributed by atoms with E-state index in [-0.39, 0.29) is 66.4 Å². The summed E-state index contributed by atoms with van der Waals surface area (Å²) in [6.45, 7) is 5.05. The lowest BCUT2D eigenvalue weighted by molar-refractivity contribution is -0.152. The van der Waals surface area contributed by atoms with Crippen LogP contribution in [0.15, 0.2) is 54.7 Å². The number of rotatable bonds is 13. The molecule has 0 aliphatic heterocycles. The number of esters is 1. The molecule has 1 saturated carbocycles. The van der Waals surface area contributed by atoms with Crippen molar-refractivity contribution in [2.45, 2.75) is 52.6 Å². The number of halogens is 4. The van der Waals surface area contributed by atoms with Crippen LogP contribution in [0, 0.1) is 17.2 Å². The van der Waals surface area contributed by atoms with Crippen molar-refractivity contribution in [3.63, 3.8) is 0 Å². The number of nitrogens with zero attached hydrogens (tertiary/aromatic N) is 1. The number of carbonyl (C=O) groups is 3. The smallest absolute Gasteiger partial charge is 0.416 e. The molecule has 0 saturated heterocycles. The van der Waals surface area contributed by atoms with Crippen LogP contribution in [0.4, 0.5) is 29.1 Å². The molecule has 0 bridgehead atoms. The van der Waals surface area contributed by atoms with Crippen LogP contribution in [0.3, 0.4) is 0 Å². The normalized spacial score (nSPS) is 13.2. The van der Waals surface area contributed by atoms with Gasteiger partial charge in [0.25, 0.3) is 0 Å². The molecule has 1 aliphatic carbocycles. The number of hydrogen-bond acceptors (Lipinski definition) is 7. The summed E-state index contributed by atoms with van der Waals surface area (Å²) in [5.74, 6) is -1.42. The lowest BCUT2D eigenvalue weighted by Gasteiger charge is -2.23. The predicted molar refractivity (Wildman–Crippen MR) is 155 cm³/mol. The van der Waals surface area contributed by atoms with Crippen LogP contribution in [0.5, 0.6) is 11.5 Å². The summed E-state index contributed by atoms with van der Waals surface area (Å²) in [5, 5.41) is 5.54. The first-order chi connectivity index (χ1) is 20.7. The molecule has 3 aromatic rings. The van der Waals surface area contributed by atoms with Crippen molar-refractivity contribution in [1.29, 1.82) is 0 Å². The van der Waals surface area contributed by atoms with Gasteiger partial charge in [0, 0.05) is 43.3 Å². The lowest BCUT2D eigenvalue weighted by atomic mass is 9.93. The van der Waals surface area contributed by atoms with E-state index in [0.29, 0.717) is 5.56 Å². The molecule has 2 N–H and O–H groups in total. The predicted octanol–water partition coefficient (Wildman–Crippen LogP) is 6.74. The van der Waals surface area contributed by atoms with Crippen LogP contribution in [-0.4, -0.2) is 35.8 Å². The highest BCUT2D eigenvalue weighted by atomic mass is 19.4. The zero-order chi connectivity index (χ0) is 32.1. The number of benzene rings is 2. The average Bonchev–Trinajstić information content (AvgIpc) is 3.79. The van der Waals surface area contributed by atoms with Crippen LogP contribution in [-0.2, 0) is 38.1 Å². The van der Waals surface area contributed by atoms with Gasteiger partial charge in [-0.3, -0.25) is 14.4 Å². The molecule has 4 rings (SSSR count). The van der Waals surface area contributed by atoms with E-state index in [1.807, 2.05) is 0 Å². The number of nitrogens with one attached hydrogen (secondary N) is 2. The number of hydrogen-bond donors (Lipinski definition) is 2. The number of ether oxygens (including phenoxy) is 2. The van der Waals surface area contributed by atoms with E-state index in [0.717, 1.165) is 31.0 Å². The van der Waals surface area contributed by atoms with Gasteiger partial charge >= 0.3 is 12.1 Å².